The van der Waals surface area contributed by atoms with E-state index < -0.39 is 5.25 Å². The van der Waals surface area contributed by atoms with Gasteiger partial charge in [0, 0.05) is 23.7 Å². The quantitative estimate of drug-likeness (QED) is 0.385. The Kier molecular flexibility index (Phi) is 8.09. The summed E-state index contributed by atoms with van der Waals surface area (Å²) in [6, 6.07) is 3.47. The molecule has 0 bridgehead atoms. The SMILES string of the molecule is C=C(/C=C\C(=C/C)C(C)C)NC(=O)C(C)Sc1nnc(-c2ccncc2)n1C=O. The summed E-state index contributed by atoms with van der Waals surface area (Å²) in [5.41, 5.74) is 2.37. The smallest absolute Gasteiger partial charge is 0.237 e. The molecule has 0 radical (unpaired) electrons. The first-order chi connectivity index (χ1) is 13.9. The molecule has 0 aromatic carbocycles. The predicted molar refractivity (Wildman–Crippen MR) is 116 cm³/mol. The molecule has 0 aliphatic carbocycles. The number of carbonyl (C=O) groups excluding carboxylic acids is 2. The van der Waals surface area contributed by atoms with Crippen LogP contribution in [0.25, 0.3) is 11.4 Å². The third-order valence-corrected chi connectivity index (χ3v) is 5.18. The molecule has 2 heterocycles. The van der Waals surface area contributed by atoms with Crippen molar-refractivity contribution in [3.8, 4) is 11.4 Å². The highest BCUT2D eigenvalue weighted by atomic mass is 32.2. The van der Waals surface area contributed by atoms with Crippen molar-refractivity contribution in [3.05, 3.63) is 60.6 Å². The van der Waals surface area contributed by atoms with Gasteiger partial charge in [0.05, 0.1) is 5.25 Å². The minimum absolute atomic E-state index is 0.234. The number of hydrogen-bond acceptors (Lipinski definition) is 6. The van der Waals surface area contributed by atoms with E-state index >= 15 is 0 Å². The van der Waals surface area contributed by atoms with Crippen molar-refractivity contribution in [2.75, 3.05) is 0 Å². The number of nitrogens with zero attached hydrogens (tertiary/aromatic N) is 4. The second-order valence-electron chi connectivity index (χ2n) is 6.57. The molecule has 0 fully saturated rings. The standard InChI is InChI=1S/C21H25N5O2S/c1-6-17(14(2)3)8-7-15(4)23-20(28)16(5)29-21-25-24-19(26(21)13-27)18-9-11-22-12-10-18/h6-14,16H,4H2,1-3,5H3,(H,23,28)/b8-7-,17-6+. The minimum atomic E-state index is -0.500. The van der Waals surface area contributed by atoms with Crippen molar-refractivity contribution in [1.82, 2.24) is 25.1 Å². The Morgan fingerprint density at radius 2 is 1.90 bits per heavy atom. The number of amides is 1. The molecular weight excluding hydrogens is 386 g/mol. The van der Waals surface area contributed by atoms with Crippen molar-refractivity contribution in [2.24, 2.45) is 5.92 Å². The fraction of sp³-hybridized carbons (Fsp3) is 0.286. The van der Waals surface area contributed by atoms with Gasteiger partial charge in [0.2, 0.25) is 12.3 Å². The van der Waals surface area contributed by atoms with Crippen LogP contribution in [0.4, 0.5) is 0 Å². The number of nitrogens with one attached hydrogen (secondary N) is 1. The Labute approximate surface area is 175 Å². The molecule has 1 atom stereocenters. The average molecular weight is 412 g/mol. The first-order valence-electron chi connectivity index (χ1n) is 9.18. The van der Waals surface area contributed by atoms with Gasteiger partial charge in [0.1, 0.15) is 0 Å². The van der Waals surface area contributed by atoms with Crippen molar-refractivity contribution >= 4 is 24.1 Å². The number of carbonyl (C=O) groups is 2. The first-order valence-corrected chi connectivity index (χ1v) is 10.1. The summed E-state index contributed by atoms with van der Waals surface area (Å²) in [6.45, 7) is 11.8. The lowest BCUT2D eigenvalue weighted by Crippen LogP contribution is -2.29. The lowest BCUT2D eigenvalue weighted by atomic mass is 10.0. The van der Waals surface area contributed by atoms with Crippen molar-refractivity contribution in [1.29, 1.82) is 0 Å². The highest BCUT2D eigenvalue weighted by Crippen LogP contribution is 2.25. The van der Waals surface area contributed by atoms with E-state index in [4.69, 9.17) is 0 Å². The van der Waals surface area contributed by atoms with E-state index in [1.807, 2.05) is 19.1 Å². The third kappa shape index (κ3) is 5.99. The Hall–Kier alpha value is -3.00. The van der Waals surface area contributed by atoms with Gasteiger partial charge in [0.25, 0.3) is 0 Å². The van der Waals surface area contributed by atoms with E-state index in [1.54, 1.807) is 37.5 Å². The Morgan fingerprint density at radius 1 is 1.21 bits per heavy atom. The summed E-state index contributed by atoms with van der Waals surface area (Å²) >= 11 is 1.15. The zero-order valence-corrected chi connectivity index (χ0v) is 17.8. The van der Waals surface area contributed by atoms with Crippen LogP contribution in [0, 0.1) is 5.92 Å². The Balaban J connectivity index is 2.05. The molecule has 0 aliphatic rings. The molecule has 0 saturated carbocycles. The molecule has 1 unspecified atom stereocenters. The van der Waals surface area contributed by atoms with Gasteiger partial charge in [-0.2, -0.15) is 0 Å². The van der Waals surface area contributed by atoms with Gasteiger partial charge in [-0.15, -0.1) is 10.2 Å². The molecule has 29 heavy (non-hydrogen) atoms. The minimum Gasteiger partial charge on any atom is -0.326 e. The van der Waals surface area contributed by atoms with Crippen LogP contribution in [0.15, 0.2) is 65.8 Å². The van der Waals surface area contributed by atoms with Gasteiger partial charge in [-0.3, -0.25) is 14.6 Å². The Morgan fingerprint density at radius 3 is 2.48 bits per heavy atom. The number of rotatable bonds is 9. The van der Waals surface area contributed by atoms with Crippen LogP contribution in [0.5, 0.6) is 0 Å². The highest BCUT2D eigenvalue weighted by Gasteiger charge is 2.20. The lowest BCUT2D eigenvalue weighted by Gasteiger charge is -2.12. The molecule has 2 aromatic rings. The molecule has 0 saturated heterocycles. The van der Waals surface area contributed by atoms with Gasteiger partial charge in [-0.05, 0) is 43.5 Å². The third-order valence-electron chi connectivity index (χ3n) is 4.12. The van der Waals surface area contributed by atoms with Crippen LogP contribution in [0.1, 0.15) is 27.7 Å². The van der Waals surface area contributed by atoms with E-state index in [0.29, 0.717) is 34.6 Å². The summed E-state index contributed by atoms with van der Waals surface area (Å²) < 4.78 is 1.32. The largest absolute Gasteiger partial charge is 0.326 e. The van der Waals surface area contributed by atoms with Crippen molar-refractivity contribution in [3.63, 3.8) is 0 Å². The fourth-order valence-corrected chi connectivity index (χ4v) is 3.30. The van der Waals surface area contributed by atoms with Crippen LogP contribution < -0.4 is 5.32 Å². The summed E-state index contributed by atoms with van der Waals surface area (Å²) in [6.07, 6.45) is 9.60. The van der Waals surface area contributed by atoms with Crippen LogP contribution in [0.2, 0.25) is 0 Å². The molecule has 1 N–H and O–H groups in total. The summed E-state index contributed by atoms with van der Waals surface area (Å²) in [5.74, 6) is 0.554. The van der Waals surface area contributed by atoms with E-state index in [2.05, 4.69) is 40.9 Å². The zero-order valence-electron chi connectivity index (χ0n) is 17.0. The maximum atomic E-state index is 12.5. The predicted octanol–water partition coefficient (Wildman–Crippen LogP) is 3.65. The lowest BCUT2D eigenvalue weighted by molar-refractivity contribution is -0.119. The van der Waals surface area contributed by atoms with Crippen LogP contribution in [-0.2, 0) is 9.59 Å². The molecule has 0 spiro atoms. The van der Waals surface area contributed by atoms with Crippen LogP contribution in [0.3, 0.4) is 0 Å². The van der Waals surface area contributed by atoms with E-state index in [1.165, 1.54) is 4.57 Å². The van der Waals surface area contributed by atoms with E-state index in [9.17, 15) is 9.59 Å². The normalized spacial score (nSPS) is 12.9. The number of pyridine rings is 1. The summed E-state index contributed by atoms with van der Waals surface area (Å²) in [4.78, 5) is 28.0. The maximum Gasteiger partial charge on any atom is 0.237 e. The number of aromatic nitrogens is 4. The zero-order chi connectivity index (χ0) is 21.4. The molecule has 8 heteroatoms. The number of thioether (sulfide) groups is 1. The van der Waals surface area contributed by atoms with Crippen molar-refractivity contribution < 1.29 is 9.59 Å². The van der Waals surface area contributed by atoms with Gasteiger partial charge in [0.15, 0.2) is 11.0 Å². The molecule has 2 rings (SSSR count). The van der Waals surface area contributed by atoms with Gasteiger partial charge in [-0.1, -0.05) is 44.3 Å². The second-order valence-corrected chi connectivity index (χ2v) is 7.88. The molecule has 0 aliphatic heterocycles. The van der Waals surface area contributed by atoms with Crippen LogP contribution >= 0.6 is 11.8 Å². The molecule has 2 aromatic heterocycles. The summed E-state index contributed by atoms with van der Waals surface area (Å²) in [7, 11) is 0. The van der Waals surface area contributed by atoms with Gasteiger partial charge >= 0.3 is 0 Å². The first kappa shape index (κ1) is 22.3. The van der Waals surface area contributed by atoms with Gasteiger partial charge < -0.3 is 5.32 Å². The monoisotopic (exact) mass is 411 g/mol. The molecule has 1 amide bonds. The van der Waals surface area contributed by atoms with E-state index in [0.717, 1.165) is 17.3 Å². The molecule has 7 nitrogen and oxygen atoms in total. The van der Waals surface area contributed by atoms with Gasteiger partial charge in [-0.25, -0.2) is 4.57 Å². The topological polar surface area (TPSA) is 89.8 Å². The summed E-state index contributed by atoms with van der Waals surface area (Å²) in [5, 5.41) is 10.7. The maximum absolute atomic E-state index is 12.5. The average Bonchev–Trinajstić information content (AvgIpc) is 3.11. The van der Waals surface area contributed by atoms with Crippen molar-refractivity contribution in [2.45, 2.75) is 38.1 Å². The number of hydrogen-bond donors (Lipinski definition) is 1. The fourth-order valence-electron chi connectivity index (χ4n) is 2.48. The van der Waals surface area contributed by atoms with E-state index in [-0.39, 0.29) is 5.91 Å². The Bertz CT molecular complexity index is 932. The highest BCUT2D eigenvalue weighted by molar-refractivity contribution is 8.00. The molecular formula is C21H25N5O2S. The second kappa shape index (κ2) is 10.5. The van der Waals surface area contributed by atoms with Crippen LogP contribution in [-0.4, -0.2) is 37.3 Å². The number of allylic oxidation sites excluding steroid dienone is 4. The molecule has 152 valence electrons.